The highest BCUT2D eigenvalue weighted by Crippen LogP contribution is 2.23. The molecule has 1 aromatic heterocycles. The fourth-order valence-corrected chi connectivity index (χ4v) is 2.81. The number of benzene rings is 1. The van der Waals surface area contributed by atoms with Crippen molar-refractivity contribution in [2.45, 2.75) is 25.4 Å². The molecule has 5 nitrogen and oxygen atoms in total. The van der Waals surface area contributed by atoms with Crippen LogP contribution in [-0.4, -0.2) is 46.2 Å². The molecule has 5 heteroatoms. The summed E-state index contributed by atoms with van der Waals surface area (Å²) in [7, 11) is 0. The molecule has 2 heterocycles. The van der Waals surface area contributed by atoms with Crippen molar-refractivity contribution in [1.29, 1.82) is 0 Å². The second kappa shape index (κ2) is 7.01. The predicted molar refractivity (Wildman–Crippen MR) is 90.8 cm³/mol. The number of carbonyl (C=O) groups excluding carboxylic acids is 1. The van der Waals surface area contributed by atoms with E-state index in [0.29, 0.717) is 19.5 Å². The van der Waals surface area contributed by atoms with E-state index in [-0.39, 0.29) is 18.9 Å². The maximum absolute atomic E-state index is 12.3. The molecule has 0 bridgehead atoms. The largest absolute Gasteiger partial charge is 0.491 e. The first kappa shape index (κ1) is 16.5. The SMILES string of the molecule is Cc1ccc(OC[C@@]2(O)CCN(C(=O)Cc3ccccn3)C2)cc1. The molecule has 1 aliphatic rings. The second-order valence-corrected chi connectivity index (χ2v) is 6.39. The van der Waals surface area contributed by atoms with Gasteiger partial charge < -0.3 is 14.7 Å². The van der Waals surface area contributed by atoms with Gasteiger partial charge in [-0.3, -0.25) is 9.78 Å². The molecule has 126 valence electrons. The topological polar surface area (TPSA) is 62.7 Å². The minimum absolute atomic E-state index is 0.0139. The Morgan fingerprint density at radius 2 is 2.08 bits per heavy atom. The maximum Gasteiger partial charge on any atom is 0.228 e. The summed E-state index contributed by atoms with van der Waals surface area (Å²) < 4.78 is 5.69. The Morgan fingerprint density at radius 3 is 2.79 bits per heavy atom. The fourth-order valence-electron chi connectivity index (χ4n) is 2.81. The van der Waals surface area contributed by atoms with Crippen LogP contribution in [0.25, 0.3) is 0 Å². The summed E-state index contributed by atoms with van der Waals surface area (Å²) in [6, 6.07) is 13.2. The van der Waals surface area contributed by atoms with Gasteiger partial charge in [0.25, 0.3) is 0 Å². The first-order valence-corrected chi connectivity index (χ1v) is 8.14. The monoisotopic (exact) mass is 326 g/mol. The van der Waals surface area contributed by atoms with E-state index in [1.165, 1.54) is 0 Å². The van der Waals surface area contributed by atoms with Crippen molar-refractivity contribution >= 4 is 5.91 Å². The molecule has 0 radical (unpaired) electrons. The van der Waals surface area contributed by atoms with Crippen molar-refractivity contribution in [2.75, 3.05) is 19.7 Å². The van der Waals surface area contributed by atoms with E-state index in [2.05, 4.69) is 4.98 Å². The number of aliphatic hydroxyl groups is 1. The summed E-state index contributed by atoms with van der Waals surface area (Å²) >= 11 is 0. The minimum Gasteiger partial charge on any atom is -0.491 e. The molecule has 24 heavy (non-hydrogen) atoms. The highest BCUT2D eigenvalue weighted by Gasteiger charge is 2.38. The third kappa shape index (κ3) is 4.11. The van der Waals surface area contributed by atoms with Gasteiger partial charge in [-0.05, 0) is 37.6 Å². The zero-order chi connectivity index (χ0) is 17.0. The highest BCUT2D eigenvalue weighted by molar-refractivity contribution is 5.78. The predicted octanol–water partition coefficient (Wildman–Crippen LogP) is 1.97. The second-order valence-electron chi connectivity index (χ2n) is 6.39. The van der Waals surface area contributed by atoms with Crippen LogP contribution in [0.1, 0.15) is 17.7 Å². The summed E-state index contributed by atoms with van der Waals surface area (Å²) in [6.07, 6.45) is 2.46. The van der Waals surface area contributed by atoms with Crippen molar-refractivity contribution in [3.63, 3.8) is 0 Å². The lowest BCUT2D eigenvalue weighted by atomic mass is 10.1. The Bertz CT molecular complexity index is 688. The lowest BCUT2D eigenvalue weighted by Gasteiger charge is -2.23. The lowest BCUT2D eigenvalue weighted by Crippen LogP contribution is -2.41. The van der Waals surface area contributed by atoms with Crippen LogP contribution in [0.2, 0.25) is 0 Å². The Kier molecular flexibility index (Phi) is 4.81. The van der Waals surface area contributed by atoms with Crippen LogP contribution in [0, 0.1) is 6.92 Å². The van der Waals surface area contributed by atoms with Crippen molar-refractivity contribution in [1.82, 2.24) is 9.88 Å². The number of nitrogens with zero attached hydrogens (tertiary/aromatic N) is 2. The van der Waals surface area contributed by atoms with Gasteiger partial charge in [0.05, 0.1) is 13.0 Å². The van der Waals surface area contributed by atoms with Gasteiger partial charge in [0.1, 0.15) is 18.0 Å². The van der Waals surface area contributed by atoms with Crippen molar-refractivity contribution in [3.8, 4) is 5.75 Å². The van der Waals surface area contributed by atoms with Crippen molar-refractivity contribution in [2.24, 2.45) is 0 Å². The lowest BCUT2D eigenvalue weighted by molar-refractivity contribution is -0.130. The quantitative estimate of drug-likeness (QED) is 0.912. The van der Waals surface area contributed by atoms with E-state index in [1.54, 1.807) is 11.1 Å². The molecule has 0 aliphatic carbocycles. The molecule has 1 saturated heterocycles. The Balaban J connectivity index is 1.53. The standard InChI is InChI=1S/C19H22N2O3/c1-15-5-7-17(8-6-15)24-14-19(23)9-11-21(13-19)18(22)12-16-4-2-3-10-20-16/h2-8,10,23H,9,11-14H2,1H3/t19-/m1/s1. The Hall–Kier alpha value is -2.40. The molecular formula is C19H22N2O3. The number of rotatable bonds is 5. The van der Waals surface area contributed by atoms with Gasteiger partial charge in [-0.15, -0.1) is 0 Å². The number of amides is 1. The number of pyridine rings is 1. The molecule has 1 amide bonds. The van der Waals surface area contributed by atoms with Gasteiger partial charge in [0.15, 0.2) is 0 Å². The minimum atomic E-state index is -0.995. The van der Waals surface area contributed by atoms with E-state index in [0.717, 1.165) is 17.0 Å². The Labute approximate surface area is 141 Å². The normalized spacial score (nSPS) is 20.2. The van der Waals surface area contributed by atoms with Crippen LogP contribution in [0.15, 0.2) is 48.7 Å². The van der Waals surface area contributed by atoms with E-state index < -0.39 is 5.60 Å². The van der Waals surface area contributed by atoms with Crippen molar-refractivity contribution in [3.05, 3.63) is 59.9 Å². The molecule has 0 spiro atoms. The summed E-state index contributed by atoms with van der Waals surface area (Å²) in [4.78, 5) is 18.2. The van der Waals surface area contributed by atoms with Crippen LogP contribution in [0.5, 0.6) is 5.75 Å². The van der Waals surface area contributed by atoms with Crippen molar-refractivity contribution < 1.29 is 14.6 Å². The van der Waals surface area contributed by atoms with E-state index in [9.17, 15) is 9.90 Å². The number of aryl methyl sites for hydroxylation is 1. The van der Waals surface area contributed by atoms with Crippen LogP contribution in [0.3, 0.4) is 0 Å². The number of ether oxygens (including phenoxy) is 1. The molecule has 1 atom stereocenters. The van der Waals surface area contributed by atoms with Gasteiger partial charge >= 0.3 is 0 Å². The highest BCUT2D eigenvalue weighted by atomic mass is 16.5. The van der Waals surface area contributed by atoms with Gasteiger partial charge in [0.2, 0.25) is 5.91 Å². The Morgan fingerprint density at radius 1 is 1.29 bits per heavy atom. The average Bonchev–Trinajstić information content (AvgIpc) is 2.98. The smallest absolute Gasteiger partial charge is 0.228 e. The fraction of sp³-hybridized carbons (Fsp3) is 0.368. The zero-order valence-electron chi connectivity index (χ0n) is 13.8. The number of carbonyl (C=O) groups is 1. The molecule has 2 aromatic rings. The summed E-state index contributed by atoms with van der Waals surface area (Å²) in [5.74, 6) is 0.715. The molecule has 0 unspecified atom stereocenters. The molecule has 1 aliphatic heterocycles. The van der Waals surface area contributed by atoms with E-state index >= 15 is 0 Å². The third-order valence-electron chi connectivity index (χ3n) is 4.27. The van der Waals surface area contributed by atoms with Gasteiger partial charge in [-0.2, -0.15) is 0 Å². The zero-order valence-corrected chi connectivity index (χ0v) is 13.8. The van der Waals surface area contributed by atoms with E-state index in [1.807, 2.05) is 49.4 Å². The molecule has 0 saturated carbocycles. The van der Waals surface area contributed by atoms with Gasteiger partial charge in [-0.1, -0.05) is 23.8 Å². The number of hydrogen-bond donors (Lipinski definition) is 1. The molecule has 1 aromatic carbocycles. The molecule has 1 N–H and O–H groups in total. The summed E-state index contributed by atoms with van der Waals surface area (Å²) in [5.41, 5.74) is 0.909. The van der Waals surface area contributed by atoms with E-state index in [4.69, 9.17) is 4.74 Å². The molecule has 3 rings (SSSR count). The van der Waals surface area contributed by atoms with Crippen LogP contribution in [-0.2, 0) is 11.2 Å². The summed E-state index contributed by atoms with van der Waals surface area (Å²) in [6.45, 7) is 3.03. The average molecular weight is 326 g/mol. The molecular weight excluding hydrogens is 304 g/mol. The first-order chi connectivity index (χ1) is 11.5. The van der Waals surface area contributed by atoms with Gasteiger partial charge in [-0.25, -0.2) is 0 Å². The number of β-amino-alcohol motifs (C(OH)–C–C–N with tert-alkyl or cyclic N) is 1. The summed E-state index contributed by atoms with van der Waals surface area (Å²) in [5, 5.41) is 10.7. The number of aromatic nitrogens is 1. The number of hydrogen-bond acceptors (Lipinski definition) is 4. The maximum atomic E-state index is 12.3. The first-order valence-electron chi connectivity index (χ1n) is 8.14. The van der Waals surface area contributed by atoms with Crippen LogP contribution < -0.4 is 4.74 Å². The van der Waals surface area contributed by atoms with Crippen LogP contribution in [0.4, 0.5) is 0 Å². The third-order valence-corrected chi connectivity index (χ3v) is 4.27. The number of likely N-dealkylation sites (tertiary alicyclic amines) is 1. The van der Waals surface area contributed by atoms with Gasteiger partial charge in [0, 0.05) is 18.4 Å². The molecule has 1 fully saturated rings. The van der Waals surface area contributed by atoms with Crippen LogP contribution >= 0.6 is 0 Å².